The van der Waals surface area contributed by atoms with Crippen LogP contribution in [-0.2, 0) is 6.61 Å². The molecule has 0 aliphatic heterocycles. The highest BCUT2D eigenvalue weighted by Gasteiger charge is 2.24. The summed E-state index contributed by atoms with van der Waals surface area (Å²) in [6, 6.07) is 0.646. The molecule has 1 fully saturated rings. The molecule has 0 saturated heterocycles. The van der Waals surface area contributed by atoms with Crippen LogP contribution >= 0.6 is 11.3 Å². The smallest absolute Gasteiger partial charge is 0.185 e. The second-order valence-electron chi connectivity index (χ2n) is 5.32. The third kappa shape index (κ3) is 2.69. The van der Waals surface area contributed by atoms with E-state index in [1.807, 2.05) is 0 Å². The standard InChI is InChI=1S/C14H24N2OS/c1-4-10(2)13-12(9-17)18-14(15-13)16(3)11-7-5-6-8-11/h10-11,17H,4-9H2,1-3H3. The quantitative estimate of drug-likeness (QED) is 0.887. The fraction of sp³-hybridized carbons (Fsp3) is 0.786. The predicted octanol–water partition coefficient (Wildman–Crippen LogP) is 3.53. The molecule has 0 spiro atoms. The molecule has 0 radical (unpaired) electrons. The minimum absolute atomic E-state index is 0.121. The van der Waals surface area contributed by atoms with Crippen molar-refractivity contribution in [3.8, 4) is 0 Å². The largest absolute Gasteiger partial charge is 0.391 e. The molecule has 1 atom stereocenters. The summed E-state index contributed by atoms with van der Waals surface area (Å²) in [4.78, 5) is 8.15. The van der Waals surface area contributed by atoms with E-state index in [4.69, 9.17) is 4.98 Å². The van der Waals surface area contributed by atoms with E-state index >= 15 is 0 Å². The minimum atomic E-state index is 0.121. The summed E-state index contributed by atoms with van der Waals surface area (Å²) in [6.45, 7) is 4.48. The van der Waals surface area contributed by atoms with Crippen molar-refractivity contribution in [3.63, 3.8) is 0 Å². The summed E-state index contributed by atoms with van der Waals surface area (Å²) < 4.78 is 0. The predicted molar refractivity (Wildman–Crippen MR) is 77.4 cm³/mol. The Bertz CT molecular complexity index is 385. The maximum Gasteiger partial charge on any atom is 0.185 e. The lowest BCUT2D eigenvalue weighted by molar-refractivity contribution is 0.283. The van der Waals surface area contributed by atoms with Gasteiger partial charge in [0.2, 0.25) is 0 Å². The van der Waals surface area contributed by atoms with Gasteiger partial charge in [-0.3, -0.25) is 0 Å². The van der Waals surface area contributed by atoms with E-state index in [-0.39, 0.29) is 6.61 Å². The maximum absolute atomic E-state index is 9.48. The van der Waals surface area contributed by atoms with Crippen LogP contribution in [0.1, 0.15) is 62.4 Å². The first kappa shape index (κ1) is 13.8. The molecule has 0 amide bonds. The lowest BCUT2D eigenvalue weighted by atomic mass is 10.0. The molecule has 1 unspecified atom stereocenters. The number of rotatable bonds is 5. The molecule has 1 aromatic heterocycles. The first-order valence-electron chi connectivity index (χ1n) is 7.00. The van der Waals surface area contributed by atoms with Crippen molar-refractivity contribution >= 4 is 16.5 Å². The van der Waals surface area contributed by atoms with Crippen LogP contribution in [0.25, 0.3) is 0 Å². The van der Waals surface area contributed by atoms with Crippen molar-refractivity contribution in [1.29, 1.82) is 0 Å². The van der Waals surface area contributed by atoms with Crippen LogP contribution in [0, 0.1) is 0 Å². The number of aromatic nitrogens is 1. The van der Waals surface area contributed by atoms with E-state index in [0.29, 0.717) is 12.0 Å². The molecule has 3 nitrogen and oxygen atoms in total. The number of hydrogen-bond donors (Lipinski definition) is 1. The molecule has 18 heavy (non-hydrogen) atoms. The fourth-order valence-electron chi connectivity index (χ4n) is 2.64. The van der Waals surface area contributed by atoms with Gasteiger partial charge in [0.1, 0.15) is 0 Å². The Labute approximate surface area is 114 Å². The summed E-state index contributed by atoms with van der Waals surface area (Å²) in [5.41, 5.74) is 1.10. The SMILES string of the molecule is CCC(C)c1nc(N(C)C2CCCC2)sc1CO. The van der Waals surface area contributed by atoms with E-state index in [9.17, 15) is 5.11 Å². The van der Waals surface area contributed by atoms with Crippen molar-refractivity contribution in [1.82, 2.24) is 4.98 Å². The second kappa shape index (κ2) is 6.02. The van der Waals surface area contributed by atoms with Gasteiger partial charge in [-0.2, -0.15) is 0 Å². The van der Waals surface area contributed by atoms with E-state index in [0.717, 1.165) is 22.1 Å². The zero-order valence-electron chi connectivity index (χ0n) is 11.6. The molecule has 4 heteroatoms. The van der Waals surface area contributed by atoms with E-state index < -0.39 is 0 Å². The lowest BCUT2D eigenvalue weighted by Gasteiger charge is -2.23. The van der Waals surface area contributed by atoms with Gasteiger partial charge in [0, 0.05) is 13.1 Å². The summed E-state index contributed by atoms with van der Waals surface area (Å²) in [6.07, 6.45) is 6.31. The molecular weight excluding hydrogens is 244 g/mol. The first-order valence-corrected chi connectivity index (χ1v) is 7.82. The van der Waals surface area contributed by atoms with Gasteiger partial charge >= 0.3 is 0 Å². The molecule has 0 aromatic carbocycles. The average molecular weight is 268 g/mol. The molecule has 1 aromatic rings. The zero-order valence-corrected chi connectivity index (χ0v) is 12.5. The van der Waals surface area contributed by atoms with Gasteiger partial charge in [-0.05, 0) is 25.2 Å². The fourth-order valence-corrected chi connectivity index (χ4v) is 3.71. The van der Waals surface area contributed by atoms with Crippen molar-refractivity contribution in [3.05, 3.63) is 10.6 Å². The third-order valence-electron chi connectivity index (χ3n) is 4.11. The van der Waals surface area contributed by atoms with E-state index in [1.54, 1.807) is 11.3 Å². The maximum atomic E-state index is 9.48. The highest BCUT2D eigenvalue weighted by molar-refractivity contribution is 7.15. The van der Waals surface area contributed by atoms with Gasteiger partial charge < -0.3 is 10.0 Å². The van der Waals surface area contributed by atoms with Crippen molar-refractivity contribution in [2.24, 2.45) is 0 Å². The number of anilines is 1. The molecule has 1 N–H and O–H groups in total. The molecule has 1 aliphatic rings. The molecule has 0 bridgehead atoms. The van der Waals surface area contributed by atoms with Gasteiger partial charge in [-0.25, -0.2) is 4.98 Å². The van der Waals surface area contributed by atoms with Gasteiger partial charge in [0.25, 0.3) is 0 Å². The molecule has 1 heterocycles. The molecule has 102 valence electrons. The van der Waals surface area contributed by atoms with Crippen LogP contribution in [0.4, 0.5) is 5.13 Å². The number of hydrogen-bond acceptors (Lipinski definition) is 4. The molecule has 2 rings (SSSR count). The Balaban J connectivity index is 2.20. The van der Waals surface area contributed by atoms with Gasteiger partial charge in [0.05, 0.1) is 17.2 Å². The lowest BCUT2D eigenvalue weighted by Crippen LogP contribution is -2.28. The normalized spacial score (nSPS) is 18.2. The monoisotopic (exact) mass is 268 g/mol. The Morgan fingerprint density at radius 3 is 2.67 bits per heavy atom. The van der Waals surface area contributed by atoms with Crippen LogP contribution in [-0.4, -0.2) is 23.2 Å². The highest BCUT2D eigenvalue weighted by Crippen LogP contribution is 2.34. The second-order valence-corrected chi connectivity index (χ2v) is 6.38. The van der Waals surface area contributed by atoms with Gasteiger partial charge in [-0.15, -0.1) is 0 Å². The molecular formula is C14H24N2OS. The summed E-state index contributed by atoms with van der Waals surface area (Å²) >= 11 is 1.66. The Hall–Kier alpha value is -0.610. The van der Waals surface area contributed by atoms with Crippen molar-refractivity contribution in [2.45, 2.75) is 64.5 Å². The number of aliphatic hydroxyl groups excluding tert-OH is 1. The molecule has 1 aliphatic carbocycles. The van der Waals surface area contributed by atoms with E-state index in [1.165, 1.54) is 25.7 Å². The minimum Gasteiger partial charge on any atom is -0.391 e. The number of thiazole rings is 1. The Morgan fingerprint density at radius 1 is 1.44 bits per heavy atom. The van der Waals surface area contributed by atoms with Gasteiger partial charge in [-0.1, -0.05) is 38.0 Å². The Morgan fingerprint density at radius 2 is 2.11 bits per heavy atom. The van der Waals surface area contributed by atoms with Crippen LogP contribution in [0.3, 0.4) is 0 Å². The molecule has 1 saturated carbocycles. The van der Waals surface area contributed by atoms with Crippen LogP contribution in [0.15, 0.2) is 0 Å². The Kier molecular flexibility index (Phi) is 4.62. The topological polar surface area (TPSA) is 36.4 Å². The first-order chi connectivity index (χ1) is 8.67. The van der Waals surface area contributed by atoms with Crippen molar-refractivity contribution < 1.29 is 5.11 Å². The highest BCUT2D eigenvalue weighted by atomic mass is 32.1. The summed E-state index contributed by atoms with van der Waals surface area (Å²) in [5.74, 6) is 0.439. The van der Waals surface area contributed by atoms with Gasteiger partial charge in [0.15, 0.2) is 5.13 Å². The summed E-state index contributed by atoms with van der Waals surface area (Å²) in [7, 11) is 2.15. The number of nitrogens with zero attached hydrogens (tertiary/aromatic N) is 2. The zero-order chi connectivity index (χ0) is 13.1. The van der Waals surface area contributed by atoms with Crippen molar-refractivity contribution in [2.75, 3.05) is 11.9 Å². The van der Waals surface area contributed by atoms with Crippen LogP contribution in [0.5, 0.6) is 0 Å². The number of aliphatic hydroxyl groups is 1. The van der Waals surface area contributed by atoms with Crippen LogP contribution < -0.4 is 4.90 Å². The van der Waals surface area contributed by atoms with Crippen LogP contribution in [0.2, 0.25) is 0 Å². The summed E-state index contributed by atoms with van der Waals surface area (Å²) in [5, 5.41) is 10.6. The average Bonchev–Trinajstić information content (AvgIpc) is 3.05. The third-order valence-corrected chi connectivity index (χ3v) is 5.26. The van der Waals surface area contributed by atoms with E-state index in [2.05, 4.69) is 25.8 Å².